The van der Waals surface area contributed by atoms with Crippen LogP contribution in [0.4, 0.5) is 10.2 Å². The highest BCUT2D eigenvalue weighted by atomic mass is 19.1. The van der Waals surface area contributed by atoms with Gasteiger partial charge >= 0.3 is 0 Å². The number of halogens is 1. The Labute approximate surface area is 110 Å². The zero-order chi connectivity index (χ0) is 14.0. The van der Waals surface area contributed by atoms with Crippen LogP contribution in [-0.4, -0.2) is 24.2 Å². The molecule has 0 aliphatic rings. The Hall–Kier alpha value is -2.37. The van der Waals surface area contributed by atoms with Crippen LogP contribution in [0.2, 0.25) is 0 Å². The summed E-state index contributed by atoms with van der Waals surface area (Å²) in [6.45, 7) is 1.53. The van der Waals surface area contributed by atoms with E-state index in [9.17, 15) is 4.39 Å². The molecule has 6 heteroatoms. The van der Waals surface area contributed by atoms with E-state index >= 15 is 0 Å². The normalized spacial score (nSPS) is 10.3. The molecule has 0 saturated heterocycles. The highest BCUT2D eigenvalue weighted by Gasteiger charge is 2.16. The number of para-hydroxylation sites is 1. The van der Waals surface area contributed by atoms with E-state index in [0.717, 1.165) is 0 Å². The van der Waals surface area contributed by atoms with Gasteiger partial charge in [-0.3, -0.25) is 0 Å². The summed E-state index contributed by atoms with van der Waals surface area (Å²) in [5, 5.41) is 0. The predicted molar refractivity (Wildman–Crippen MR) is 69.7 cm³/mol. The van der Waals surface area contributed by atoms with Crippen molar-refractivity contribution in [3.05, 3.63) is 29.7 Å². The van der Waals surface area contributed by atoms with Crippen LogP contribution in [0, 0.1) is 12.7 Å². The fourth-order valence-corrected chi connectivity index (χ4v) is 1.77. The number of methoxy groups -OCH3 is 2. The van der Waals surface area contributed by atoms with Crippen LogP contribution in [0.3, 0.4) is 0 Å². The third-order valence-electron chi connectivity index (χ3n) is 2.69. The van der Waals surface area contributed by atoms with Crippen molar-refractivity contribution in [2.75, 3.05) is 20.0 Å². The van der Waals surface area contributed by atoms with Crippen LogP contribution in [0.5, 0.6) is 11.5 Å². The molecule has 2 aromatic rings. The molecule has 0 aliphatic heterocycles. The van der Waals surface area contributed by atoms with E-state index in [0.29, 0.717) is 22.9 Å². The zero-order valence-electron chi connectivity index (χ0n) is 10.9. The van der Waals surface area contributed by atoms with Crippen molar-refractivity contribution >= 4 is 5.82 Å². The van der Waals surface area contributed by atoms with Crippen molar-refractivity contribution in [3.63, 3.8) is 0 Å². The highest BCUT2D eigenvalue weighted by Crippen LogP contribution is 2.36. The molecule has 0 spiro atoms. The first-order valence-corrected chi connectivity index (χ1v) is 5.59. The summed E-state index contributed by atoms with van der Waals surface area (Å²) in [5.41, 5.74) is 6.30. The minimum atomic E-state index is -0.606. The molecule has 100 valence electrons. The molecule has 1 aromatic heterocycles. The van der Waals surface area contributed by atoms with Crippen LogP contribution in [0.25, 0.3) is 11.4 Å². The summed E-state index contributed by atoms with van der Waals surface area (Å²) >= 11 is 0. The van der Waals surface area contributed by atoms with Crippen LogP contribution >= 0.6 is 0 Å². The average Bonchev–Trinajstić information content (AvgIpc) is 2.43. The van der Waals surface area contributed by atoms with E-state index in [4.69, 9.17) is 15.2 Å². The van der Waals surface area contributed by atoms with Gasteiger partial charge in [0.25, 0.3) is 0 Å². The van der Waals surface area contributed by atoms with Gasteiger partial charge in [-0.1, -0.05) is 6.07 Å². The van der Waals surface area contributed by atoms with Crippen LogP contribution in [0.1, 0.15) is 5.69 Å². The van der Waals surface area contributed by atoms with Gasteiger partial charge in [-0.05, 0) is 19.1 Å². The zero-order valence-corrected chi connectivity index (χ0v) is 10.9. The fourth-order valence-electron chi connectivity index (χ4n) is 1.77. The first-order chi connectivity index (χ1) is 9.08. The quantitative estimate of drug-likeness (QED) is 0.919. The van der Waals surface area contributed by atoms with Crippen molar-refractivity contribution in [1.29, 1.82) is 0 Å². The number of anilines is 1. The van der Waals surface area contributed by atoms with E-state index in [1.807, 2.05) is 0 Å². The third-order valence-corrected chi connectivity index (χ3v) is 2.69. The lowest BCUT2D eigenvalue weighted by Gasteiger charge is -2.12. The van der Waals surface area contributed by atoms with Gasteiger partial charge in [-0.2, -0.15) is 0 Å². The largest absolute Gasteiger partial charge is 0.493 e. The smallest absolute Gasteiger partial charge is 0.186 e. The summed E-state index contributed by atoms with van der Waals surface area (Å²) in [4.78, 5) is 8.03. The summed E-state index contributed by atoms with van der Waals surface area (Å²) in [7, 11) is 3.05. The van der Waals surface area contributed by atoms with Gasteiger partial charge < -0.3 is 15.2 Å². The third kappa shape index (κ3) is 2.29. The molecule has 0 bridgehead atoms. The second kappa shape index (κ2) is 5.09. The second-order valence-corrected chi connectivity index (χ2v) is 3.87. The number of rotatable bonds is 3. The van der Waals surface area contributed by atoms with E-state index in [1.54, 1.807) is 18.2 Å². The van der Waals surface area contributed by atoms with Crippen LogP contribution in [-0.2, 0) is 0 Å². The first kappa shape index (κ1) is 13.1. The predicted octanol–water partition coefficient (Wildman–Crippen LogP) is 2.19. The molecule has 0 atom stereocenters. The molecule has 0 radical (unpaired) electrons. The Morgan fingerprint density at radius 2 is 1.89 bits per heavy atom. The number of aromatic nitrogens is 2. The van der Waals surface area contributed by atoms with Crippen molar-refractivity contribution < 1.29 is 13.9 Å². The molecule has 1 heterocycles. The van der Waals surface area contributed by atoms with Gasteiger partial charge in [0.05, 0.1) is 25.5 Å². The molecular weight excluding hydrogens is 249 g/mol. The molecule has 2 rings (SSSR count). The molecule has 1 aromatic carbocycles. The summed E-state index contributed by atoms with van der Waals surface area (Å²) in [5.74, 6) is 0.532. The fraction of sp³-hybridized carbons (Fsp3) is 0.231. The van der Waals surface area contributed by atoms with Gasteiger partial charge in [0, 0.05) is 0 Å². The minimum absolute atomic E-state index is 0.187. The lowest BCUT2D eigenvalue weighted by Crippen LogP contribution is -2.04. The van der Waals surface area contributed by atoms with Gasteiger partial charge in [-0.25, -0.2) is 14.4 Å². The lowest BCUT2D eigenvalue weighted by molar-refractivity contribution is 0.356. The maximum Gasteiger partial charge on any atom is 0.186 e. The molecule has 2 N–H and O–H groups in total. The summed E-state index contributed by atoms with van der Waals surface area (Å²) in [6, 6.07) is 5.28. The van der Waals surface area contributed by atoms with E-state index in [1.165, 1.54) is 21.1 Å². The number of hydrogen-bond donors (Lipinski definition) is 1. The topological polar surface area (TPSA) is 70.3 Å². The molecular formula is C13H14FN3O2. The molecule has 19 heavy (non-hydrogen) atoms. The highest BCUT2D eigenvalue weighted by molar-refractivity contribution is 5.69. The Bertz CT molecular complexity index is 594. The molecule has 0 amide bonds. The maximum absolute atomic E-state index is 13.4. The van der Waals surface area contributed by atoms with Gasteiger partial charge in [0.1, 0.15) is 0 Å². The molecule has 5 nitrogen and oxygen atoms in total. The molecule has 0 saturated carbocycles. The first-order valence-electron chi connectivity index (χ1n) is 5.59. The average molecular weight is 263 g/mol. The lowest BCUT2D eigenvalue weighted by atomic mass is 10.1. The van der Waals surface area contributed by atoms with Gasteiger partial charge in [0.2, 0.25) is 0 Å². The standard InChI is InChI=1S/C13H14FN3O2/c1-7-10(14)12(15)17-13(16-7)8-5-4-6-9(18-2)11(8)19-3/h4-6H,1-3H3,(H2,15,16,17). The SMILES string of the molecule is COc1cccc(-c2nc(C)c(F)c(N)n2)c1OC. The number of nitrogens with zero attached hydrogens (tertiary/aromatic N) is 2. The summed E-state index contributed by atoms with van der Waals surface area (Å²) in [6.07, 6.45) is 0. The minimum Gasteiger partial charge on any atom is -0.493 e. The van der Waals surface area contributed by atoms with Crippen molar-refractivity contribution in [1.82, 2.24) is 9.97 Å². The molecule has 0 fully saturated rings. The van der Waals surface area contributed by atoms with Gasteiger partial charge in [0.15, 0.2) is 29.0 Å². The van der Waals surface area contributed by atoms with Crippen molar-refractivity contribution in [2.24, 2.45) is 0 Å². The Morgan fingerprint density at radius 3 is 2.47 bits per heavy atom. The number of benzene rings is 1. The molecule has 0 unspecified atom stereocenters. The number of nitrogens with two attached hydrogens (primary N) is 1. The van der Waals surface area contributed by atoms with E-state index in [-0.39, 0.29) is 11.5 Å². The van der Waals surface area contributed by atoms with Gasteiger partial charge in [-0.15, -0.1) is 0 Å². The number of hydrogen-bond acceptors (Lipinski definition) is 5. The number of nitrogen functional groups attached to an aromatic ring is 1. The number of aryl methyl sites for hydroxylation is 1. The van der Waals surface area contributed by atoms with Crippen molar-refractivity contribution in [3.8, 4) is 22.9 Å². The summed E-state index contributed by atoms with van der Waals surface area (Å²) < 4.78 is 23.9. The van der Waals surface area contributed by atoms with Crippen molar-refractivity contribution in [2.45, 2.75) is 6.92 Å². The maximum atomic E-state index is 13.4. The van der Waals surface area contributed by atoms with E-state index in [2.05, 4.69) is 9.97 Å². The Balaban J connectivity index is 2.65. The van der Waals surface area contributed by atoms with Crippen LogP contribution in [0.15, 0.2) is 18.2 Å². The second-order valence-electron chi connectivity index (χ2n) is 3.87. The van der Waals surface area contributed by atoms with E-state index < -0.39 is 5.82 Å². The monoisotopic (exact) mass is 263 g/mol. The van der Waals surface area contributed by atoms with Crippen LogP contribution < -0.4 is 15.2 Å². The Morgan fingerprint density at radius 1 is 1.16 bits per heavy atom. The molecule has 0 aliphatic carbocycles. The number of ether oxygens (including phenoxy) is 2. The Kier molecular flexibility index (Phi) is 3.50.